The van der Waals surface area contributed by atoms with Crippen molar-refractivity contribution < 1.29 is 4.79 Å². The van der Waals surface area contributed by atoms with E-state index in [4.69, 9.17) is 6.42 Å². The highest BCUT2D eigenvalue weighted by Crippen LogP contribution is 2.00. The molecule has 0 atom stereocenters. The third-order valence-corrected chi connectivity index (χ3v) is 1.43. The number of rotatable bonds is 2. The molecule has 62 valence electrons. The Morgan fingerprint density at radius 2 is 2.67 bits per heavy atom. The minimum atomic E-state index is -0.195. The minimum absolute atomic E-state index is 0.195. The minimum Gasteiger partial charge on any atom is -0.341 e. The van der Waals surface area contributed by atoms with E-state index in [2.05, 4.69) is 21.4 Å². The monoisotopic (exact) mass is 163 g/mol. The van der Waals surface area contributed by atoms with Crippen molar-refractivity contribution in [2.45, 2.75) is 6.92 Å². The van der Waals surface area contributed by atoms with Gasteiger partial charge in [0.2, 0.25) is 0 Å². The Hall–Kier alpha value is -1.76. The summed E-state index contributed by atoms with van der Waals surface area (Å²) in [4.78, 5) is 11.2. The van der Waals surface area contributed by atoms with Gasteiger partial charge in [-0.2, -0.15) is 5.10 Å². The molecule has 0 radical (unpaired) electrons. The molecule has 0 bridgehead atoms. The summed E-state index contributed by atoms with van der Waals surface area (Å²) in [7, 11) is 0. The number of aryl methyl sites for hydroxylation is 1. The van der Waals surface area contributed by atoms with Crippen LogP contribution in [0, 0.1) is 19.3 Å². The van der Waals surface area contributed by atoms with Gasteiger partial charge in [0.25, 0.3) is 5.91 Å². The van der Waals surface area contributed by atoms with E-state index < -0.39 is 0 Å². The van der Waals surface area contributed by atoms with Crippen molar-refractivity contribution in [1.29, 1.82) is 0 Å². The molecule has 1 aromatic rings. The number of hydrogen-bond donors (Lipinski definition) is 2. The van der Waals surface area contributed by atoms with Gasteiger partial charge in [-0.3, -0.25) is 9.89 Å². The fourth-order valence-electron chi connectivity index (χ4n) is 0.806. The molecule has 1 rings (SSSR count). The van der Waals surface area contributed by atoms with Crippen LogP contribution in [0.2, 0.25) is 0 Å². The van der Waals surface area contributed by atoms with Crippen LogP contribution in [0.1, 0.15) is 16.1 Å². The topological polar surface area (TPSA) is 57.8 Å². The highest BCUT2D eigenvalue weighted by Gasteiger charge is 2.08. The van der Waals surface area contributed by atoms with Crippen molar-refractivity contribution >= 4 is 5.91 Å². The first kappa shape index (κ1) is 8.34. The Balaban J connectivity index is 2.67. The number of carbonyl (C=O) groups is 1. The second kappa shape index (κ2) is 3.58. The molecular formula is C8H9N3O. The van der Waals surface area contributed by atoms with Crippen molar-refractivity contribution in [2.75, 3.05) is 6.54 Å². The summed E-state index contributed by atoms with van der Waals surface area (Å²) in [6, 6.07) is 0. The Morgan fingerprint density at radius 3 is 3.17 bits per heavy atom. The number of H-pyrrole nitrogens is 1. The third kappa shape index (κ3) is 1.64. The summed E-state index contributed by atoms with van der Waals surface area (Å²) in [5, 5.41) is 8.92. The van der Waals surface area contributed by atoms with Crippen molar-refractivity contribution in [3.63, 3.8) is 0 Å². The predicted molar refractivity (Wildman–Crippen MR) is 44.5 cm³/mol. The molecule has 1 aromatic heterocycles. The smallest absolute Gasteiger partial charge is 0.255 e. The lowest BCUT2D eigenvalue weighted by Gasteiger charge is -1.97. The fourth-order valence-corrected chi connectivity index (χ4v) is 0.806. The molecule has 12 heavy (non-hydrogen) atoms. The van der Waals surface area contributed by atoms with Crippen molar-refractivity contribution in [3.05, 3.63) is 17.5 Å². The molecule has 2 N–H and O–H groups in total. The summed E-state index contributed by atoms with van der Waals surface area (Å²) in [6.45, 7) is 2.02. The SMILES string of the molecule is C#CCNC(=O)c1cn[nH]c1C. The van der Waals surface area contributed by atoms with E-state index >= 15 is 0 Å². The van der Waals surface area contributed by atoms with Crippen LogP contribution >= 0.6 is 0 Å². The van der Waals surface area contributed by atoms with E-state index in [1.807, 2.05) is 0 Å². The van der Waals surface area contributed by atoms with Crippen LogP contribution in [0.3, 0.4) is 0 Å². The van der Waals surface area contributed by atoms with E-state index in [0.29, 0.717) is 5.56 Å². The first-order valence-electron chi connectivity index (χ1n) is 3.47. The molecule has 0 saturated carbocycles. The zero-order chi connectivity index (χ0) is 8.97. The van der Waals surface area contributed by atoms with Gasteiger partial charge in [-0.15, -0.1) is 6.42 Å². The Morgan fingerprint density at radius 1 is 1.92 bits per heavy atom. The molecule has 1 amide bonds. The fraction of sp³-hybridized carbons (Fsp3) is 0.250. The number of nitrogens with zero attached hydrogens (tertiary/aromatic N) is 1. The molecule has 0 aliphatic rings. The van der Waals surface area contributed by atoms with E-state index in [-0.39, 0.29) is 12.5 Å². The normalized spacial score (nSPS) is 9.00. The van der Waals surface area contributed by atoms with Gasteiger partial charge in [-0.25, -0.2) is 0 Å². The molecule has 4 heteroatoms. The van der Waals surface area contributed by atoms with E-state index in [1.165, 1.54) is 6.20 Å². The number of aromatic amines is 1. The quantitative estimate of drug-likeness (QED) is 0.607. The van der Waals surface area contributed by atoms with Gasteiger partial charge in [0, 0.05) is 5.69 Å². The second-order valence-electron chi connectivity index (χ2n) is 2.30. The summed E-state index contributed by atoms with van der Waals surface area (Å²) in [5.41, 5.74) is 1.27. The molecule has 0 spiro atoms. The zero-order valence-electron chi connectivity index (χ0n) is 6.72. The molecule has 4 nitrogen and oxygen atoms in total. The Labute approximate surface area is 70.4 Å². The molecule has 0 unspecified atom stereocenters. The molecule has 0 aliphatic heterocycles. The van der Waals surface area contributed by atoms with Gasteiger partial charge in [0.05, 0.1) is 18.3 Å². The third-order valence-electron chi connectivity index (χ3n) is 1.43. The van der Waals surface area contributed by atoms with Crippen molar-refractivity contribution in [1.82, 2.24) is 15.5 Å². The van der Waals surface area contributed by atoms with Crippen molar-refractivity contribution in [2.24, 2.45) is 0 Å². The zero-order valence-corrected chi connectivity index (χ0v) is 6.72. The maximum atomic E-state index is 11.2. The predicted octanol–water partition coefficient (Wildman–Crippen LogP) is 0.0811. The van der Waals surface area contributed by atoms with Crippen LogP contribution < -0.4 is 5.32 Å². The van der Waals surface area contributed by atoms with Crippen LogP contribution in [0.15, 0.2) is 6.20 Å². The average molecular weight is 163 g/mol. The molecule has 0 aliphatic carbocycles. The Bertz CT molecular complexity index is 321. The molecule has 0 fully saturated rings. The standard InChI is InChI=1S/C8H9N3O/c1-3-4-9-8(12)7-5-10-11-6(7)2/h1,5H,4H2,2H3,(H,9,12)(H,10,11). The van der Waals surface area contributed by atoms with Crippen LogP contribution in [0.25, 0.3) is 0 Å². The van der Waals surface area contributed by atoms with E-state index in [1.54, 1.807) is 6.92 Å². The number of aromatic nitrogens is 2. The van der Waals surface area contributed by atoms with Gasteiger partial charge >= 0.3 is 0 Å². The summed E-state index contributed by atoms with van der Waals surface area (Å²) in [6.07, 6.45) is 6.45. The Kier molecular flexibility index (Phi) is 2.49. The van der Waals surface area contributed by atoms with Gasteiger partial charge < -0.3 is 5.32 Å². The van der Waals surface area contributed by atoms with E-state index in [0.717, 1.165) is 5.69 Å². The summed E-state index contributed by atoms with van der Waals surface area (Å²) < 4.78 is 0. The maximum absolute atomic E-state index is 11.2. The number of terminal acetylenes is 1. The molecular weight excluding hydrogens is 154 g/mol. The summed E-state index contributed by atoms with van der Waals surface area (Å²) >= 11 is 0. The lowest BCUT2D eigenvalue weighted by molar-refractivity contribution is 0.0958. The van der Waals surface area contributed by atoms with Crippen LogP contribution in [0.5, 0.6) is 0 Å². The first-order valence-corrected chi connectivity index (χ1v) is 3.47. The van der Waals surface area contributed by atoms with Crippen molar-refractivity contribution in [3.8, 4) is 12.3 Å². The molecule has 1 heterocycles. The molecule has 0 aromatic carbocycles. The number of amides is 1. The van der Waals surface area contributed by atoms with Gasteiger partial charge in [0.1, 0.15) is 0 Å². The van der Waals surface area contributed by atoms with Crippen LogP contribution in [-0.4, -0.2) is 22.6 Å². The van der Waals surface area contributed by atoms with Crippen LogP contribution in [-0.2, 0) is 0 Å². The van der Waals surface area contributed by atoms with Crippen LogP contribution in [0.4, 0.5) is 0 Å². The largest absolute Gasteiger partial charge is 0.341 e. The van der Waals surface area contributed by atoms with Gasteiger partial charge in [-0.05, 0) is 6.92 Å². The average Bonchev–Trinajstić information content (AvgIpc) is 2.47. The number of carbonyl (C=O) groups excluding carboxylic acids is 1. The highest BCUT2D eigenvalue weighted by molar-refractivity contribution is 5.95. The lowest BCUT2D eigenvalue weighted by atomic mass is 10.2. The molecule has 0 saturated heterocycles. The summed E-state index contributed by atoms with van der Waals surface area (Å²) in [5.74, 6) is 2.12. The van der Waals surface area contributed by atoms with Gasteiger partial charge in [0.15, 0.2) is 0 Å². The highest BCUT2D eigenvalue weighted by atomic mass is 16.1. The first-order chi connectivity index (χ1) is 5.75. The van der Waals surface area contributed by atoms with E-state index in [9.17, 15) is 4.79 Å². The maximum Gasteiger partial charge on any atom is 0.255 e. The second-order valence-corrected chi connectivity index (χ2v) is 2.30. The number of nitrogens with one attached hydrogen (secondary N) is 2. The lowest BCUT2D eigenvalue weighted by Crippen LogP contribution is -2.23. The number of hydrogen-bond acceptors (Lipinski definition) is 2. The van der Waals surface area contributed by atoms with Gasteiger partial charge in [-0.1, -0.05) is 5.92 Å².